The summed E-state index contributed by atoms with van der Waals surface area (Å²) in [5.74, 6) is -0.194. The van der Waals surface area contributed by atoms with Gasteiger partial charge in [-0.25, -0.2) is 9.36 Å². The molecule has 0 radical (unpaired) electrons. The van der Waals surface area contributed by atoms with E-state index in [9.17, 15) is 35.9 Å². The van der Waals surface area contributed by atoms with Crippen molar-refractivity contribution < 1.29 is 35.9 Å². The van der Waals surface area contributed by atoms with Gasteiger partial charge in [0.05, 0.1) is 43.3 Å². The number of alkyl halides is 6. The Bertz CT molecular complexity index is 2770. The Kier molecular flexibility index (Phi) is 13.2. The number of halogens is 10. The second-order valence-electron chi connectivity index (χ2n) is 16.5. The summed E-state index contributed by atoms with van der Waals surface area (Å²) in [6.45, 7) is 4.51. The maximum atomic E-state index is 14.0. The fourth-order valence-electron chi connectivity index (χ4n) is 9.24. The van der Waals surface area contributed by atoms with Gasteiger partial charge in [0.2, 0.25) is 0 Å². The number of aromatic nitrogens is 4. The number of hydrogen-bond acceptors (Lipinski definition) is 8. The molecule has 0 aliphatic carbocycles. The van der Waals surface area contributed by atoms with Crippen LogP contribution < -0.4 is 10.6 Å². The van der Waals surface area contributed by atoms with E-state index in [-0.39, 0.29) is 45.6 Å². The summed E-state index contributed by atoms with van der Waals surface area (Å²) in [4.78, 5) is 33.7. The maximum absolute atomic E-state index is 14.0. The first-order valence-electron chi connectivity index (χ1n) is 21.2. The molecule has 4 unspecified atom stereocenters. The molecule has 4 aliphatic rings. The number of benzene rings is 2. The molecule has 22 heteroatoms. The van der Waals surface area contributed by atoms with Gasteiger partial charge in [-0.05, 0) is 97.8 Å². The van der Waals surface area contributed by atoms with E-state index in [0.717, 1.165) is 47.6 Å². The molecule has 4 atom stereocenters. The van der Waals surface area contributed by atoms with Crippen LogP contribution >= 0.6 is 69.1 Å². The van der Waals surface area contributed by atoms with Crippen molar-refractivity contribution in [2.75, 3.05) is 23.7 Å². The van der Waals surface area contributed by atoms with Crippen molar-refractivity contribution in [3.05, 3.63) is 158 Å². The van der Waals surface area contributed by atoms with E-state index in [1.165, 1.54) is 9.36 Å². The van der Waals surface area contributed by atoms with E-state index in [4.69, 9.17) is 46.4 Å². The lowest BCUT2D eigenvalue weighted by Gasteiger charge is -2.33. The van der Waals surface area contributed by atoms with E-state index in [2.05, 4.69) is 20.8 Å². The molecule has 10 nitrogen and oxygen atoms in total. The molecular formula is C46H38Cl4F6N8O2S2. The van der Waals surface area contributed by atoms with Gasteiger partial charge in [0.1, 0.15) is 23.7 Å². The average Bonchev–Trinajstić information content (AvgIpc) is 4.14. The van der Waals surface area contributed by atoms with Crippen molar-refractivity contribution in [2.45, 2.75) is 76.1 Å². The highest BCUT2D eigenvalue weighted by molar-refractivity contribution is 7.10. The Morgan fingerprint density at radius 2 is 1.00 bits per heavy atom. The highest BCUT2D eigenvalue weighted by Crippen LogP contribution is 2.46. The van der Waals surface area contributed by atoms with Crippen molar-refractivity contribution in [2.24, 2.45) is 0 Å². The summed E-state index contributed by atoms with van der Waals surface area (Å²) in [6, 6.07) is 17.4. The molecule has 10 rings (SSSR count). The van der Waals surface area contributed by atoms with Gasteiger partial charge < -0.3 is 20.4 Å². The molecular weight excluding hydrogens is 1020 g/mol. The summed E-state index contributed by atoms with van der Waals surface area (Å²) >= 11 is 27.9. The molecule has 2 saturated heterocycles. The highest BCUT2D eigenvalue weighted by atomic mass is 35.5. The lowest BCUT2D eigenvalue weighted by Crippen LogP contribution is -2.38. The fourth-order valence-corrected chi connectivity index (χ4v) is 11.6. The Morgan fingerprint density at radius 1 is 0.603 bits per heavy atom. The molecule has 0 bridgehead atoms. The zero-order valence-electron chi connectivity index (χ0n) is 35.7. The molecule has 4 aromatic heterocycles. The fraction of sp³-hybridized carbons (Fsp3) is 0.304. The lowest BCUT2D eigenvalue weighted by atomic mass is 9.94. The maximum Gasteiger partial charge on any atom is 0.435 e. The SMILES string of the molecule is CC1=C(C(=O)N2CCCC2c2cccs2)C(c2ccc(Cl)c(Cl)c2)n2nc(C(F)(F)F)cc2N1.CC1=C(C(=O)N2CCCC2c2cccs2)C(c2ccc(Cl)c(Cl)c2)n2nc(C(F)(F)F)cc2N1. The van der Waals surface area contributed by atoms with E-state index < -0.39 is 35.8 Å². The Morgan fingerprint density at radius 3 is 1.34 bits per heavy atom. The monoisotopic (exact) mass is 1050 g/mol. The molecule has 2 aromatic carbocycles. The molecule has 0 spiro atoms. The van der Waals surface area contributed by atoms with Crippen LogP contribution in [0.25, 0.3) is 0 Å². The van der Waals surface area contributed by atoms with Crippen LogP contribution in [0.2, 0.25) is 20.1 Å². The topological polar surface area (TPSA) is 100 Å². The van der Waals surface area contributed by atoms with Crippen LogP contribution in [0.5, 0.6) is 0 Å². The summed E-state index contributed by atoms with van der Waals surface area (Å²) in [5, 5.41) is 18.6. The number of carbonyl (C=O) groups is 2. The standard InChI is InChI=1S/2C23H19Cl2F3N4OS/c2*1-12-20(22(33)31-8-2-4-16(31)17-5-3-9-34-17)21(13-6-7-14(24)15(25)10-13)32-19(29-12)11-18(30-32)23(26,27)28/h2*3,5-7,9-11,16,21,29H,2,4,8H2,1H3. The van der Waals surface area contributed by atoms with Gasteiger partial charge in [0, 0.05) is 46.4 Å². The largest absolute Gasteiger partial charge is 0.435 e. The van der Waals surface area contributed by atoms with Crippen molar-refractivity contribution in [1.82, 2.24) is 29.4 Å². The molecule has 2 amide bonds. The second kappa shape index (κ2) is 18.7. The third-order valence-corrected chi connectivity index (χ3v) is 15.7. The van der Waals surface area contributed by atoms with Gasteiger partial charge in [-0.15, -0.1) is 22.7 Å². The Balaban J connectivity index is 0.000000170. The van der Waals surface area contributed by atoms with Crippen LogP contribution in [0.1, 0.15) is 96.0 Å². The van der Waals surface area contributed by atoms with Gasteiger partial charge in [-0.1, -0.05) is 70.7 Å². The molecule has 2 fully saturated rings. The quantitative estimate of drug-likeness (QED) is 0.161. The zero-order chi connectivity index (χ0) is 48.4. The molecule has 8 heterocycles. The van der Waals surface area contributed by atoms with Crippen LogP contribution in [0.4, 0.5) is 38.0 Å². The van der Waals surface area contributed by atoms with E-state index in [0.29, 0.717) is 56.8 Å². The minimum absolute atomic E-state index is 0.0768. The first-order chi connectivity index (χ1) is 32.3. The van der Waals surface area contributed by atoms with Crippen LogP contribution in [0.15, 0.2) is 106 Å². The predicted molar refractivity (Wildman–Crippen MR) is 252 cm³/mol. The third-order valence-electron chi connectivity index (χ3n) is 12.3. The zero-order valence-corrected chi connectivity index (χ0v) is 40.4. The number of anilines is 2. The van der Waals surface area contributed by atoms with Crippen LogP contribution in [0, 0.1) is 0 Å². The number of nitrogens with zero attached hydrogens (tertiary/aromatic N) is 6. The first kappa shape index (κ1) is 48.1. The smallest absolute Gasteiger partial charge is 0.344 e. The van der Waals surface area contributed by atoms with Gasteiger partial charge in [-0.3, -0.25) is 9.59 Å². The number of fused-ring (bicyclic) bond motifs is 2. The normalized spacial score (nSPS) is 20.5. The van der Waals surface area contributed by atoms with Crippen molar-refractivity contribution in [3.63, 3.8) is 0 Å². The number of allylic oxidation sites excluding steroid dienone is 2. The summed E-state index contributed by atoms with van der Waals surface area (Å²) in [7, 11) is 0. The molecule has 4 aliphatic heterocycles. The number of rotatable bonds is 6. The van der Waals surface area contributed by atoms with Crippen LogP contribution in [-0.2, 0) is 21.9 Å². The second-order valence-corrected chi connectivity index (χ2v) is 20.1. The minimum Gasteiger partial charge on any atom is -0.344 e. The predicted octanol–water partition coefficient (Wildman–Crippen LogP) is 13.8. The number of likely N-dealkylation sites (tertiary alicyclic amines) is 2. The Labute approximate surface area is 413 Å². The van der Waals surface area contributed by atoms with Crippen LogP contribution in [-0.4, -0.2) is 54.3 Å². The molecule has 356 valence electrons. The summed E-state index contributed by atoms with van der Waals surface area (Å²) < 4.78 is 83.4. The lowest BCUT2D eigenvalue weighted by molar-refractivity contribution is -0.142. The minimum atomic E-state index is -4.63. The van der Waals surface area contributed by atoms with Gasteiger partial charge in [0.15, 0.2) is 11.4 Å². The first-order valence-corrected chi connectivity index (χ1v) is 24.4. The van der Waals surface area contributed by atoms with Gasteiger partial charge in [0.25, 0.3) is 11.8 Å². The number of carbonyl (C=O) groups excluding carboxylic acids is 2. The molecule has 0 saturated carbocycles. The number of amides is 2. The van der Waals surface area contributed by atoms with E-state index in [1.807, 2.05) is 35.0 Å². The number of nitrogens with one attached hydrogen (secondary N) is 2. The Hall–Kier alpha value is -4.98. The van der Waals surface area contributed by atoms with Gasteiger partial charge >= 0.3 is 12.4 Å². The summed E-state index contributed by atoms with van der Waals surface area (Å²) in [5.41, 5.74) is 0.542. The summed E-state index contributed by atoms with van der Waals surface area (Å²) in [6.07, 6.45) is -5.92. The van der Waals surface area contributed by atoms with Crippen LogP contribution in [0.3, 0.4) is 0 Å². The molecule has 68 heavy (non-hydrogen) atoms. The van der Waals surface area contributed by atoms with E-state index >= 15 is 0 Å². The average molecular weight is 1050 g/mol. The number of thiophene rings is 2. The highest BCUT2D eigenvalue weighted by Gasteiger charge is 2.44. The molecule has 6 aromatic rings. The molecule has 2 N–H and O–H groups in total. The van der Waals surface area contributed by atoms with Crippen molar-refractivity contribution >= 4 is 92.5 Å². The van der Waals surface area contributed by atoms with Gasteiger partial charge in [-0.2, -0.15) is 36.5 Å². The van der Waals surface area contributed by atoms with Crippen molar-refractivity contribution in [3.8, 4) is 0 Å². The van der Waals surface area contributed by atoms with Crippen molar-refractivity contribution in [1.29, 1.82) is 0 Å². The van der Waals surface area contributed by atoms with E-state index in [1.54, 1.807) is 82.7 Å². The third kappa shape index (κ3) is 9.15. The number of hydrogen-bond donors (Lipinski definition) is 2.